The fraction of sp³-hybridized carbons (Fsp3) is 0.333. The molecule has 0 bridgehead atoms. The van der Waals surface area contributed by atoms with E-state index in [0.29, 0.717) is 12.0 Å². The van der Waals surface area contributed by atoms with Crippen LogP contribution in [0.2, 0.25) is 0 Å². The molecule has 0 heterocycles. The van der Waals surface area contributed by atoms with Gasteiger partial charge >= 0.3 is 0 Å². The van der Waals surface area contributed by atoms with Crippen molar-refractivity contribution in [1.82, 2.24) is 0 Å². The first kappa shape index (κ1) is 12.2. The van der Waals surface area contributed by atoms with Crippen molar-refractivity contribution in [2.45, 2.75) is 27.2 Å². The molecule has 0 aliphatic heterocycles. The number of phenolic OH excluding ortho intramolecular Hbond substituents is 2. The Kier molecular flexibility index (Phi) is 3.32. The Morgan fingerprint density at radius 3 is 2.00 bits per heavy atom. The van der Waals surface area contributed by atoms with Gasteiger partial charge in [0.25, 0.3) is 0 Å². The van der Waals surface area contributed by atoms with Crippen molar-refractivity contribution in [1.29, 1.82) is 0 Å². The molecule has 0 aliphatic carbocycles. The van der Waals surface area contributed by atoms with Gasteiger partial charge in [0, 0.05) is 0 Å². The van der Waals surface area contributed by atoms with Crippen LogP contribution in [-0.2, 0) is 6.42 Å². The Hall–Kier alpha value is -1.84. The van der Waals surface area contributed by atoms with Crippen LogP contribution >= 0.6 is 0 Å². The predicted molar refractivity (Wildman–Crippen MR) is 59.2 cm³/mol. The molecule has 0 atom stereocenters. The number of aryl methyl sites for hydroxylation is 1. The largest absolute Gasteiger partial charge is 0.507 e. The number of hydrogen-bond acceptors (Lipinski definition) is 4. The van der Waals surface area contributed by atoms with Gasteiger partial charge in [-0.2, -0.15) is 0 Å². The molecule has 4 heteroatoms. The van der Waals surface area contributed by atoms with Gasteiger partial charge in [-0.25, -0.2) is 0 Å². The van der Waals surface area contributed by atoms with Gasteiger partial charge in [-0.15, -0.1) is 0 Å². The fourth-order valence-electron chi connectivity index (χ4n) is 1.73. The molecule has 0 radical (unpaired) electrons. The highest BCUT2D eigenvalue weighted by atomic mass is 16.3. The third kappa shape index (κ3) is 1.91. The minimum absolute atomic E-state index is 0.116. The molecule has 0 amide bonds. The van der Waals surface area contributed by atoms with Crippen molar-refractivity contribution in [2.24, 2.45) is 0 Å². The summed E-state index contributed by atoms with van der Waals surface area (Å²) in [4.78, 5) is 22.6. The van der Waals surface area contributed by atoms with E-state index in [1.54, 1.807) is 6.92 Å². The molecule has 0 saturated carbocycles. The van der Waals surface area contributed by atoms with E-state index in [4.69, 9.17) is 0 Å². The molecular weight excluding hydrogens is 208 g/mol. The Morgan fingerprint density at radius 1 is 1.12 bits per heavy atom. The van der Waals surface area contributed by atoms with E-state index >= 15 is 0 Å². The number of hydrogen-bond donors (Lipinski definition) is 2. The molecule has 0 aromatic heterocycles. The fourth-order valence-corrected chi connectivity index (χ4v) is 1.73. The van der Waals surface area contributed by atoms with Crippen LogP contribution in [0.1, 0.15) is 47.1 Å². The maximum atomic E-state index is 11.4. The lowest BCUT2D eigenvalue weighted by Gasteiger charge is -2.12. The number of benzene rings is 1. The van der Waals surface area contributed by atoms with Crippen LogP contribution in [0.3, 0.4) is 0 Å². The van der Waals surface area contributed by atoms with Gasteiger partial charge in [0.1, 0.15) is 17.1 Å². The van der Waals surface area contributed by atoms with Gasteiger partial charge in [-0.1, -0.05) is 6.92 Å². The number of carbonyl (C=O) groups is 2. The van der Waals surface area contributed by atoms with E-state index in [-0.39, 0.29) is 22.7 Å². The van der Waals surface area contributed by atoms with Gasteiger partial charge < -0.3 is 10.2 Å². The summed E-state index contributed by atoms with van der Waals surface area (Å²) in [7, 11) is 0. The SMILES string of the molecule is CCc1cc(O)c(C(C)=O)c(O)c1C(C)=O. The van der Waals surface area contributed by atoms with Crippen LogP contribution in [0.4, 0.5) is 0 Å². The lowest BCUT2D eigenvalue weighted by molar-refractivity contribution is 0.101. The topological polar surface area (TPSA) is 74.6 Å². The van der Waals surface area contributed by atoms with Crippen LogP contribution in [-0.4, -0.2) is 21.8 Å². The third-order valence-electron chi connectivity index (χ3n) is 2.45. The molecule has 1 aromatic carbocycles. The molecule has 86 valence electrons. The third-order valence-corrected chi connectivity index (χ3v) is 2.45. The van der Waals surface area contributed by atoms with E-state index in [1.807, 2.05) is 0 Å². The van der Waals surface area contributed by atoms with Gasteiger partial charge in [0.05, 0.1) is 5.56 Å². The van der Waals surface area contributed by atoms with E-state index in [1.165, 1.54) is 19.9 Å². The Bertz CT molecular complexity index is 461. The van der Waals surface area contributed by atoms with Crippen molar-refractivity contribution in [2.75, 3.05) is 0 Å². The lowest BCUT2D eigenvalue weighted by Crippen LogP contribution is -2.04. The van der Waals surface area contributed by atoms with Crippen LogP contribution in [0, 0.1) is 0 Å². The monoisotopic (exact) mass is 222 g/mol. The van der Waals surface area contributed by atoms with Crippen LogP contribution in [0.15, 0.2) is 6.07 Å². The number of phenols is 2. The predicted octanol–water partition coefficient (Wildman–Crippen LogP) is 2.07. The summed E-state index contributed by atoms with van der Waals surface area (Å²) in [6, 6.07) is 1.35. The summed E-state index contributed by atoms with van der Waals surface area (Å²) in [5.41, 5.74) is 0.459. The normalized spacial score (nSPS) is 10.2. The highest BCUT2D eigenvalue weighted by Crippen LogP contribution is 2.34. The number of aromatic hydroxyl groups is 2. The Labute approximate surface area is 93.5 Å². The van der Waals surface area contributed by atoms with Crippen molar-refractivity contribution < 1.29 is 19.8 Å². The second-order valence-corrected chi connectivity index (χ2v) is 3.62. The average molecular weight is 222 g/mol. The average Bonchev–Trinajstić information content (AvgIpc) is 2.14. The Balaban J connectivity index is 3.65. The van der Waals surface area contributed by atoms with Crippen LogP contribution in [0.25, 0.3) is 0 Å². The van der Waals surface area contributed by atoms with E-state index in [2.05, 4.69) is 0 Å². The van der Waals surface area contributed by atoms with Gasteiger partial charge in [-0.05, 0) is 31.9 Å². The highest BCUT2D eigenvalue weighted by molar-refractivity contribution is 6.06. The molecule has 4 nitrogen and oxygen atoms in total. The molecule has 0 aliphatic rings. The molecule has 0 unspecified atom stereocenters. The summed E-state index contributed by atoms with van der Waals surface area (Å²) in [6.07, 6.45) is 0.494. The van der Waals surface area contributed by atoms with E-state index < -0.39 is 11.5 Å². The molecule has 0 spiro atoms. The minimum atomic E-state index is -0.472. The zero-order valence-corrected chi connectivity index (χ0v) is 9.50. The number of ketones is 2. The quantitative estimate of drug-likeness (QED) is 0.767. The van der Waals surface area contributed by atoms with Crippen molar-refractivity contribution in [3.05, 3.63) is 22.8 Å². The Morgan fingerprint density at radius 2 is 1.62 bits per heavy atom. The first-order chi connectivity index (χ1) is 7.40. The van der Waals surface area contributed by atoms with Crippen molar-refractivity contribution in [3.8, 4) is 11.5 Å². The summed E-state index contributed by atoms with van der Waals surface area (Å²) >= 11 is 0. The molecule has 16 heavy (non-hydrogen) atoms. The number of Topliss-reactive ketones (excluding diaryl/α,β-unsaturated/α-hetero) is 2. The van der Waals surface area contributed by atoms with E-state index in [0.717, 1.165) is 0 Å². The highest BCUT2D eigenvalue weighted by Gasteiger charge is 2.21. The lowest BCUT2D eigenvalue weighted by atomic mass is 9.95. The maximum Gasteiger partial charge on any atom is 0.167 e. The molecule has 1 rings (SSSR count). The molecule has 0 saturated heterocycles. The van der Waals surface area contributed by atoms with Gasteiger partial charge in [0.15, 0.2) is 11.6 Å². The van der Waals surface area contributed by atoms with E-state index in [9.17, 15) is 19.8 Å². The summed E-state index contributed by atoms with van der Waals surface area (Å²) < 4.78 is 0. The van der Waals surface area contributed by atoms with Crippen molar-refractivity contribution in [3.63, 3.8) is 0 Å². The molecule has 0 fully saturated rings. The maximum absolute atomic E-state index is 11.4. The van der Waals surface area contributed by atoms with Crippen molar-refractivity contribution >= 4 is 11.6 Å². The van der Waals surface area contributed by atoms with Crippen LogP contribution < -0.4 is 0 Å². The second-order valence-electron chi connectivity index (χ2n) is 3.62. The van der Waals surface area contributed by atoms with Crippen LogP contribution in [0.5, 0.6) is 11.5 Å². The first-order valence-corrected chi connectivity index (χ1v) is 4.99. The van der Waals surface area contributed by atoms with Gasteiger partial charge in [0.2, 0.25) is 0 Å². The number of carbonyl (C=O) groups excluding carboxylic acids is 2. The zero-order chi connectivity index (χ0) is 12.5. The summed E-state index contributed by atoms with van der Waals surface area (Å²) in [5, 5.41) is 19.4. The molecule has 2 N–H and O–H groups in total. The summed E-state index contributed by atoms with van der Waals surface area (Å²) in [6.45, 7) is 4.34. The zero-order valence-electron chi connectivity index (χ0n) is 9.50. The summed E-state index contributed by atoms with van der Waals surface area (Å²) in [5.74, 6) is -1.50. The standard InChI is InChI=1S/C12H14O4/c1-4-8-5-9(15)11(7(3)14)12(16)10(8)6(2)13/h5,15-16H,4H2,1-3H3. The van der Waals surface area contributed by atoms with Gasteiger partial charge in [-0.3, -0.25) is 9.59 Å². The molecular formula is C12H14O4. The first-order valence-electron chi connectivity index (χ1n) is 4.99. The smallest absolute Gasteiger partial charge is 0.167 e. The minimum Gasteiger partial charge on any atom is -0.507 e. The number of rotatable bonds is 3. The second kappa shape index (κ2) is 4.35. The molecule has 1 aromatic rings.